The first-order valence-corrected chi connectivity index (χ1v) is 7.75. The van der Waals surface area contributed by atoms with Crippen LogP contribution in [0.5, 0.6) is 5.75 Å². The highest BCUT2D eigenvalue weighted by molar-refractivity contribution is 7.85. The van der Waals surface area contributed by atoms with Crippen molar-refractivity contribution in [2.45, 2.75) is 19.4 Å². The van der Waals surface area contributed by atoms with Crippen LogP contribution in [0.25, 0.3) is 0 Å². The monoisotopic (exact) mass is 301 g/mol. The third kappa shape index (κ3) is 7.10. The summed E-state index contributed by atoms with van der Waals surface area (Å²) >= 11 is 0. The van der Waals surface area contributed by atoms with E-state index in [1.807, 2.05) is 18.2 Å². The molecule has 0 aromatic heterocycles. The molecule has 0 heterocycles. The molecule has 0 spiro atoms. The SMILES string of the molecule is CON=CC(CC(C)CS(=O)(=O)O)Oc1ccccc1. The first-order valence-electron chi connectivity index (χ1n) is 6.14. The van der Waals surface area contributed by atoms with Gasteiger partial charge in [-0.1, -0.05) is 30.3 Å². The maximum atomic E-state index is 10.9. The number of hydrogen-bond acceptors (Lipinski definition) is 5. The van der Waals surface area contributed by atoms with Crippen molar-refractivity contribution in [1.29, 1.82) is 0 Å². The molecule has 0 saturated carbocycles. The van der Waals surface area contributed by atoms with Gasteiger partial charge in [-0.2, -0.15) is 8.42 Å². The van der Waals surface area contributed by atoms with Gasteiger partial charge in [0.1, 0.15) is 19.0 Å². The van der Waals surface area contributed by atoms with Crippen LogP contribution in [0, 0.1) is 5.92 Å². The number of ether oxygens (including phenoxy) is 1. The van der Waals surface area contributed by atoms with E-state index in [9.17, 15) is 8.42 Å². The van der Waals surface area contributed by atoms with Gasteiger partial charge in [-0.3, -0.25) is 4.55 Å². The minimum absolute atomic E-state index is 0.276. The summed E-state index contributed by atoms with van der Waals surface area (Å²) in [6.07, 6.45) is 1.42. The highest BCUT2D eigenvalue weighted by Crippen LogP contribution is 2.16. The Balaban J connectivity index is 2.67. The topological polar surface area (TPSA) is 85.2 Å². The molecule has 0 bridgehead atoms. The van der Waals surface area contributed by atoms with Crippen molar-refractivity contribution in [3.63, 3.8) is 0 Å². The van der Waals surface area contributed by atoms with Crippen LogP contribution in [0.3, 0.4) is 0 Å². The van der Waals surface area contributed by atoms with Crippen molar-refractivity contribution in [3.05, 3.63) is 30.3 Å². The summed E-state index contributed by atoms with van der Waals surface area (Å²) in [5.74, 6) is 0.0591. The van der Waals surface area contributed by atoms with Crippen LogP contribution in [0.15, 0.2) is 35.5 Å². The number of hydrogen-bond donors (Lipinski definition) is 1. The first-order chi connectivity index (χ1) is 9.40. The molecule has 1 aromatic rings. The highest BCUT2D eigenvalue weighted by atomic mass is 32.2. The zero-order chi connectivity index (χ0) is 15.0. The minimum Gasteiger partial charge on any atom is -0.485 e. The van der Waals surface area contributed by atoms with Crippen molar-refractivity contribution in [3.8, 4) is 5.75 Å². The van der Waals surface area contributed by atoms with Gasteiger partial charge in [0.25, 0.3) is 10.1 Å². The van der Waals surface area contributed by atoms with E-state index in [2.05, 4.69) is 9.99 Å². The number of benzene rings is 1. The van der Waals surface area contributed by atoms with Crippen LogP contribution in [-0.4, -0.2) is 38.2 Å². The van der Waals surface area contributed by atoms with Crippen LogP contribution in [0.2, 0.25) is 0 Å². The van der Waals surface area contributed by atoms with E-state index < -0.39 is 16.2 Å². The highest BCUT2D eigenvalue weighted by Gasteiger charge is 2.18. The Morgan fingerprint density at radius 3 is 2.55 bits per heavy atom. The Hall–Kier alpha value is -1.60. The second kappa shape index (κ2) is 7.86. The zero-order valence-corrected chi connectivity index (χ0v) is 12.3. The van der Waals surface area contributed by atoms with Crippen LogP contribution in [0.1, 0.15) is 13.3 Å². The average molecular weight is 301 g/mol. The van der Waals surface area contributed by atoms with Crippen molar-refractivity contribution in [1.82, 2.24) is 0 Å². The number of rotatable bonds is 8. The zero-order valence-electron chi connectivity index (χ0n) is 11.5. The van der Waals surface area contributed by atoms with Crippen molar-refractivity contribution in [2.75, 3.05) is 12.9 Å². The van der Waals surface area contributed by atoms with Gasteiger partial charge in [-0.25, -0.2) is 0 Å². The van der Waals surface area contributed by atoms with Gasteiger partial charge in [-0.05, 0) is 24.5 Å². The van der Waals surface area contributed by atoms with E-state index >= 15 is 0 Å². The molecule has 1 aromatic carbocycles. The van der Waals surface area contributed by atoms with E-state index in [1.165, 1.54) is 13.3 Å². The van der Waals surface area contributed by atoms with Crippen molar-refractivity contribution < 1.29 is 22.5 Å². The van der Waals surface area contributed by atoms with Gasteiger partial charge < -0.3 is 9.57 Å². The molecule has 112 valence electrons. The first kappa shape index (κ1) is 16.5. The molecule has 20 heavy (non-hydrogen) atoms. The molecule has 2 unspecified atom stereocenters. The van der Waals surface area contributed by atoms with E-state index in [1.54, 1.807) is 19.1 Å². The Bertz CT molecular complexity index is 515. The standard InChI is InChI=1S/C13H19NO5S/c1-11(10-20(15,16)17)8-13(9-14-18-2)19-12-6-4-3-5-7-12/h3-7,9,11,13H,8,10H2,1-2H3,(H,15,16,17). The van der Waals surface area contributed by atoms with Crippen molar-refractivity contribution in [2.24, 2.45) is 11.1 Å². The molecule has 0 fully saturated rings. The summed E-state index contributed by atoms with van der Waals surface area (Å²) in [5.41, 5.74) is 0. The Kier molecular flexibility index (Phi) is 6.47. The third-order valence-corrected chi connectivity index (χ3v) is 3.48. The fourth-order valence-electron chi connectivity index (χ4n) is 1.77. The molecule has 1 rings (SSSR count). The molecule has 0 aliphatic heterocycles. The van der Waals surface area contributed by atoms with Crippen LogP contribution >= 0.6 is 0 Å². The van der Waals surface area contributed by atoms with Gasteiger partial charge in [0.05, 0.1) is 12.0 Å². The van der Waals surface area contributed by atoms with Crippen molar-refractivity contribution >= 4 is 16.3 Å². The molecule has 0 aliphatic rings. The maximum absolute atomic E-state index is 10.9. The molecule has 0 aliphatic carbocycles. The molecule has 0 radical (unpaired) electrons. The van der Waals surface area contributed by atoms with Crippen LogP contribution in [0.4, 0.5) is 0 Å². The lowest BCUT2D eigenvalue weighted by Gasteiger charge is -2.18. The summed E-state index contributed by atoms with van der Waals surface area (Å²) in [6, 6.07) is 9.12. The summed E-state index contributed by atoms with van der Waals surface area (Å²) < 4.78 is 36.2. The van der Waals surface area contributed by atoms with E-state index in [0.29, 0.717) is 12.2 Å². The molecular formula is C13H19NO5S. The molecule has 6 nitrogen and oxygen atoms in total. The van der Waals surface area contributed by atoms with Gasteiger partial charge in [0, 0.05) is 0 Å². The molecule has 1 N–H and O–H groups in total. The Morgan fingerprint density at radius 1 is 1.35 bits per heavy atom. The number of nitrogens with zero attached hydrogens (tertiary/aromatic N) is 1. The summed E-state index contributed by atoms with van der Waals surface area (Å²) in [6.45, 7) is 1.72. The average Bonchev–Trinajstić information content (AvgIpc) is 2.35. The maximum Gasteiger partial charge on any atom is 0.265 e. The fourth-order valence-corrected chi connectivity index (χ4v) is 2.62. The molecule has 0 saturated heterocycles. The lowest BCUT2D eigenvalue weighted by molar-refractivity contribution is 0.199. The van der Waals surface area contributed by atoms with E-state index in [4.69, 9.17) is 9.29 Å². The largest absolute Gasteiger partial charge is 0.485 e. The number of para-hydroxylation sites is 1. The second-order valence-corrected chi connectivity index (χ2v) is 5.99. The van der Waals surface area contributed by atoms with Crippen LogP contribution in [-0.2, 0) is 15.0 Å². The summed E-state index contributed by atoms with van der Waals surface area (Å²) in [4.78, 5) is 4.61. The molecule has 2 atom stereocenters. The normalized spacial score (nSPS) is 14.9. The molecule has 0 amide bonds. The van der Waals surface area contributed by atoms with E-state index in [-0.39, 0.29) is 11.7 Å². The summed E-state index contributed by atoms with van der Waals surface area (Å²) in [7, 11) is -2.58. The summed E-state index contributed by atoms with van der Waals surface area (Å²) in [5, 5.41) is 3.66. The molecular weight excluding hydrogens is 282 g/mol. The van der Waals surface area contributed by atoms with Gasteiger partial charge in [0.2, 0.25) is 0 Å². The lowest BCUT2D eigenvalue weighted by Crippen LogP contribution is -2.24. The quantitative estimate of drug-likeness (QED) is 0.451. The molecule has 7 heteroatoms. The minimum atomic E-state index is -3.99. The Labute approximate surface area is 119 Å². The van der Waals surface area contributed by atoms with Gasteiger partial charge >= 0.3 is 0 Å². The fraction of sp³-hybridized carbons (Fsp3) is 0.462. The van der Waals surface area contributed by atoms with Gasteiger partial charge in [0.15, 0.2) is 0 Å². The third-order valence-electron chi connectivity index (χ3n) is 2.49. The second-order valence-electron chi connectivity index (χ2n) is 4.50. The predicted octanol–water partition coefficient (Wildman–Crippen LogP) is 1.98. The lowest BCUT2D eigenvalue weighted by atomic mass is 10.1. The Morgan fingerprint density at radius 2 is 2.00 bits per heavy atom. The van der Waals surface area contributed by atoms with Crippen LogP contribution < -0.4 is 4.74 Å². The predicted molar refractivity (Wildman–Crippen MR) is 76.6 cm³/mol. The smallest absolute Gasteiger partial charge is 0.265 e. The van der Waals surface area contributed by atoms with E-state index in [0.717, 1.165) is 0 Å². The van der Waals surface area contributed by atoms with Gasteiger partial charge in [-0.15, -0.1) is 0 Å². The number of oxime groups is 1.